The zero-order chi connectivity index (χ0) is 18.1. The molecule has 1 aliphatic heterocycles. The first-order valence-corrected chi connectivity index (χ1v) is 8.78. The summed E-state index contributed by atoms with van der Waals surface area (Å²) in [6.45, 7) is 2.82. The summed E-state index contributed by atoms with van der Waals surface area (Å²) in [5, 5.41) is 0. The molecule has 0 aromatic heterocycles. The molecule has 5 heteroatoms. The van der Waals surface area contributed by atoms with Gasteiger partial charge in [-0.1, -0.05) is 24.3 Å². The number of carbonyl (C=O) groups excluding carboxylic acids is 2. The molecule has 4 rings (SSSR count). The lowest BCUT2D eigenvalue weighted by Gasteiger charge is -2.18. The second-order valence-corrected chi connectivity index (χ2v) is 6.72. The smallest absolute Gasteiger partial charge is 0.309 e. The molecule has 1 saturated carbocycles. The maximum absolute atomic E-state index is 12.3. The Balaban J connectivity index is 1.36. The highest BCUT2D eigenvalue weighted by atomic mass is 16.6. The van der Waals surface area contributed by atoms with E-state index >= 15 is 0 Å². The van der Waals surface area contributed by atoms with E-state index in [2.05, 4.69) is 0 Å². The van der Waals surface area contributed by atoms with E-state index in [1.807, 2.05) is 24.3 Å². The number of benzene rings is 2. The molecule has 1 heterocycles. The topological polar surface area (TPSA) is 61.8 Å². The van der Waals surface area contributed by atoms with Crippen molar-refractivity contribution in [2.75, 3.05) is 13.2 Å². The van der Waals surface area contributed by atoms with Crippen molar-refractivity contribution in [3.8, 4) is 11.5 Å². The number of Topliss-reactive ketones (excluding diaryl/α,β-unsaturated/α-hetero) is 1. The molecule has 0 N–H and O–H groups in total. The summed E-state index contributed by atoms with van der Waals surface area (Å²) in [5.74, 6) is 1.35. The Morgan fingerprint density at radius 3 is 2.69 bits per heavy atom. The van der Waals surface area contributed by atoms with Gasteiger partial charge in [0, 0.05) is 5.56 Å². The average molecular weight is 352 g/mol. The van der Waals surface area contributed by atoms with Gasteiger partial charge in [-0.2, -0.15) is 0 Å². The molecule has 2 aromatic carbocycles. The summed E-state index contributed by atoms with van der Waals surface area (Å²) >= 11 is 0. The van der Waals surface area contributed by atoms with Crippen LogP contribution in [0.3, 0.4) is 0 Å². The zero-order valence-electron chi connectivity index (χ0n) is 14.6. The Kier molecular flexibility index (Phi) is 4.37. The normalized spacial score (nSPS) is 20.3. The van der Waals surface area contributed by atoms with Gasteiger partial charge in [-0.05, 0) is 48.6 Å². The van der Waals surface area contributed by atoms with Crippen LogP contribution < -0.4 is 9.47 Å². The Morgan fingerprint density at radius 2 is 1.88 bits per heavy atom. The van der Waals surface area contributed by atoms with Crippen LogP contribution in [0.1, 0.15) is 40.7 Å². The number of fused-ring (bicyclic) bond motifs is 1. The van der Waals surface area contributed by atoms with E-state index in [0.29, 0.717) is 18.8 Å². The first-order valence-electron chi connectivity index (χ1n) is 8.78. The minimum Gasteiger partial charge on any atom is -0.486 e. The van der Waals surface area contributed by atoms with Crippen molar-refractivity contribution in [1.82, 2.24) is 0 Å². The first-order chi connectivity index (χ1) is 12.6. The minimum atomic E-state index is -0.196. The number of ether oxygens (including phenoxy) is 3. The first kappa shape index (κ1) is 16.6. The number of hydrogen-bond donors (Lipinski definition) is 0. The van der Waals surface area contributed by atoms with Crippen LogP contribution in [-0.2, 0) is 16.1 Å². The third-order valence-electron chi connectivity index (χ3n) is 4.80. The van der Waals surface area contributed by atoms with Gasteiger partial charge < -0.3 is 14.2 Å². The van der Waals surface area contributed by atoms with Crippen LogP contribution in [-0.4, -0.2) is 25.0 Å². The van der Waals surface area contributed by atoms with Crippen LogP contribution in [0.25, 0.3) is 0 Å². The molecule has 0 saturated heterocycles. The van der Waals surface area contributed by atoms with Crippen LogP contribution in [0, 0.1) is 5.92 Å². The van der Waals surface area contributed by atoms with E-state index in [9.17, 15) is 9.59 Å². The van der Waals surface area contributed by atoms with Crippen LogP contribution in [0.2, 0.25) is 0 Å². The molecule has 0 radical (unpaired) electrons. The van der Waals surface area contributed by atoms with Gasteiger partial charge in [-0.25, -0.2) is 0 Å². The summed E-state index contributed by atoms with van der Waals surface area (Å²) in [5.41, 5.74) is 2.52. The Labute approximate surface area is 151 Å². The van der Waals surface area contributed by atoms with Crippen molar-refractivity contribution >= 4 is 11.8 Å². The standard InChI is InChI=1S/C21H20O5/c1-13(22)15-4-2-3-14(9-15)12-26-21(23)18-11-17(18)16-5-6-19-20(10-16)25-8-7-24-19/h2-6,9-10,17-18H,7-8,11-12H2,1H3/t17-,18-/m0/s1. The van der Waals surface area contributed by atoms with E-state index in [0.717, 1.165) is 29.0 Å². The van der Waals surface area contributed by atoms with Crippen molar-refractivity contribution < 1.29 is 23.8 Å². The number of carbonyl (C=O) groups is 2. The monoisotopic (exact) mass is 352 g/mol. The van der Waals surface area contributed by atoms with Crippen molar-refractivity contribution in [1.29, 1.82) is 0 Å². The van der Waals surface area contributed by atoms with Gasteiger partial charge in [0.05, 0.1) is 5.92 Å². The summed E-state index contributed by atoms with van der Waals surface area (Å²) in [6, 6.07) is 13.0. The number of rotatable bonds is 5. The molecule has 2 aliphatic rings. The molecular weight excluding hydrogens is 332 g/mol. The minimum absolute atomic E-state index is 0.000887. The predicted octanol–water partition coefficient (Wildman–Crippen LogP) is 3.51. The molecule has 0 amide bonds. The molecular formula is C21H20O5. The van der Waals surface area contributed by atoms with E-state index < -0.39 is 0 Å². The summed E-state index contributed by atoms with van der Waals surface area (Å²) in [6.07, 6.45) is 0.784. The largest absolute Gasteiger partial charge is 0.486 e. The van der Waals surface area contributed by atoms with Gasteiger partial charge in [0.2, 0.25) is 0 Å². The number of hydrogen-bond acceptors (Lipinski definition) is 5. The van der Waals surface area contributed by atoms with Gasteiger partial charge in [0.15, 0.2) is 17.3 Å². The molecule has 0 bridgehead atoms. The van der Waals surface area contributed by atoms with Crippen LogP contribution in [0.15, 0.2) is 42.5 Å². The van der Waals surface area contributed by atoms with Gasteiger partial charge in [-0.3, -0.25) is 9.59 Å². The second kappa shape index (κ2) is 6.83. The molecule has 1 fully saturated rings. The van der Waals surface area contributed by atoms with E-state index in [-0.39, 0.29) is 30.2 Å². The summed E-state index contributed by atoms with van der Waals surface area (Å²) in [7, 11) is 0. The van der Waals surface area contributed by atoms with Crippen LogP contribution in [0.5, 0.6) is 11.5 Å². The fourth-order valence-electron chi connectivity index (χ4n) is 3.26. The highest BCUT2D eigenvalue weighted by Crippen LogP contribution is 2.50. The van der Waals surface area contributed by atoms with Crippen molar-refractivity contribution in [3.05, 3.63) is 59.2 Å². The second-order valence-electron chi connectivity index (χ2n) is 6.72. The lowest BCUT2D eigenvalue weighted by Crippen LogP contribution is -2.15. The highest BCUT2D eigenvalue weighted by molar-refractivity contribution is 5.94. The van der Waals surface area contributed by atoms with Gasteiger partial charge in [0.25, 0.3) is 0 Å². The third-order valence-corrected chi connectivity index (χ3v) is 4.80. The van der Waals surface area contributed by atoms with Gasteiger partial charge in [0.1, 0.15) is 19.8 Å². The Hall–Kier alpha value is -2.82. The van der Waals surface area contributed by atoms with Gasteiger partial charge >= 0.3 is 5.97 Å². The SMILES string of the molecule is CC(=O)c1cccc(COC(=O)[C@H]2C[C@H]2c2ccc3c(c2)OCCO3)c1. The third kappa shape index (κ3) is 3.43. The van der Waals surface area contributed by atoms with Crippen LogP contribution >= 0.6 is 0 Å². The van der Waals surface area contributed by atoms with Gasteiger partial charge in [-0.15, -0.1) is 0 Å². The highest BCUT2D eigenvalue weighted by Gasteiger charge is 2.45. The lowest BCUT2D eigenvalue weighted by atomic mass is 10.1. The maximum Gasteiger partial charge on any atom is 0.309 e. The van der Waals surface area contributed by atoms with E-state index in [1.54, 1.807) is 18.2 Å². The fourth-order valence-corrected chi connectivity index (χ4v) is 3.26. The summed E-state index contributed by atoms with van der Waals surface area (Å²) in [4.78, 5) is 23.8. The molecule has 0 unspecified atom stereocenters. The molecule has 26 heavy (non-hydrogen) atoms. The average Bonchev–Trinajstić information content (AvgIpc) is 3.47. The zero-order valence-corrected chi connectivity index (χ0v) is 14.6. The quantitative estimate of drug-likeness (QED) is 0.609. The Morgan fingerprint density at radius 1 is 1.08 bits per heavy atom. The molecule has 2 aromatic rings. The number of esters is 1. The van der Waals surface area contributed by atoms with E-state index in [1.165, 1.54) is 6.92 Å². The van der Waals surface area contributed by atoms with Crippen molar-refractivity contribution in [3.63, 3.8) is 0 Å². The molecule has 2 atom stereocenters. The lowest BCUT2D eigenvalue weighted by molar-refractivity contribution is -0.146. The Bertz CT molecular complexity index is 857. The predicted molar refractivity (Wildman–Crippen MR) is 94.5 cm³/mol. The molecule has 0 spiro atoms. The van der Waals surface area contributed by atoms with Crippen molar-refractivity contribution in [2.45, 2.75) is 25.9 Å². The summed E-state index contributed by atoms with van der Waals surface area (Å²) < 4.78 is 16.6. The van der Waals surface area contributed by atoms with Crippen LogP contribution in [0.4, 0.5) is 0 Å². The fraction of sp³-hybridized carbons (Fsp3) is 0.333. The maximum atomic E-state index is 12.3. The molecule has 134 valence electrons. The molecule has 5 nitrogen and oxygen atoms in total. The number of ketones is 1. The van der Waals surface area contributed by atoms with E-state index in [4.69, 9.17) is 14.2 Å². The molecule has 1 aliphatic carbocycles. The van der Waals surface area contributed by atoms with Crippen molar-refractivity contribution in [2.24, 2.45) is 5.92 Å².